The van der Waals surface area contributed by atoms with Gasteiger partial charge in [-0.15, -0.1) is 0 Å². The van der Waals surface area contributed by atoms with Gasteiger partial charge in [0.05, 0.1) is 12.7 Å². The molecule has 0 fully saturated rings. The minimum atomic E-state index is -0.102. The monoisotopic (exact) mass is 279 g/mol. The number of hydrogen-bond acceptors (Lipinski definition) is 8. The van der Waals surface area contributed by atoms with Gasteiger partial charge in [-0.25, -0.2) is 4.98 Å². The summed E-state index contributed by atoms with van der Waals surface area (Å²) in [5.74, 6) is 0.907. The highest BCUT2D eigenvalue weighted by Gasteiger charge is 2.10. The van der Waals surface area contributed by atoms with Crippen LogP contribution in [0.15, 0.2) is 18.7 Å². The smallest absolute Gasteiger partial charge is 0.241 e. The number of methoxy groups -OCH3 is 2. The fraction of sp³-hybridized carbons (Fsp3) is 0.455. The summed E-state index contributed by atoms with van der Waals surface area (Å²) in [6.07, 6.45) is 4.84. The van der Waals surface area contributed by atoms with Crippen molar-refractivity contribution in [3.63, 3.8) is 0 Å². The number of nitrogens with two attached hydrogens (primary N) is 1. The molecule has 0 amide bonds. The Bertz CT molecular complexity index is 532. The average Bonchev–Trinajstić information content (AvgIpc) is 2.97. The van der Waals surface area contributed by atoms with Gasteiger partial charge in [-0.3, -0.25) is 4.57 Å². The van der Waals surface area contributed by atoms with Crippen molar-refractivity contribution in [2.45, 2.75) is 6.10 Å². The number of aromatic nitrogens is 5. The lowest BCUT2D eigenvalue weighted by Crippen LogP contribution is -2.27. The van der Waals surface area contributed by atoms with E-state index in [-0.39, 0.29) is 12.1 Å². The molecule has 0 aliphatic rings. The molecule has 0 radical (unpaired) electrons. The minimum Gasteiger partial charge on any atom is -0.382 e. The molecular weight excluding hydrogens is 262 g/mol. The van der Waals surface area contributed by atoms with Crippen LogP contribution in [0.4, 0.5) is 11.9 Å². The molecule has 1 atom stereocenters. The van der Waals surface area contributed by atoms with Crippen LogP contribution in [0.2, 0.25) is 0 Å². The van der Waals surface area contributed by atoms with Gasteiger partial charge in [0.25, 0.3) is 0 Å². The summed E-state index contributed by atoms with van der Waals surface area (Å²) in [5.41, 5.74) is 5.67. The van der Waals surface area contributed by atoms with Crippen molar-refractivity contribution in [3.05, 3.63) is 18.7 Å². The number of ether oxygens (including phenoxy) is 2. The Morgan fingerprint density at radius 3 is 2.85 bits per heavy atom. The van der Waals surface area contributed by atoms with Crippen LogP contribution in [0.25, 0.3) is 5.95 Å². The normalized spacial score (nSPS) is 12.3. The molecule has 108 valence electrons. The molecule has 0 bridgehead atoms. The molecule has 9 heteroatoms. The Morgan fingerprint density at radius 2 is 2.20 bits per heavy atom. The Morgan fingerprint density at radius 1 is 1.35 bits per heavy atom. The molecule has 0 aliphatic carbocycles. The second-order valence-corrected chi connectivity index (χ2v) is 3.98. The van der Waals surface area contributed by atoms with Crippen molar-refractivity contribution < 1.29 is 9.47 Å². The largest absolute Gasteiger partial charge is 0.382 e. The van der Waals surface area contributed by atoms with E-state index in [1.807, 2.05) is 0 Å². The zero-order valence-electron chi connectivity index (χ0n) is 11.4. The number of anilines is 2. The standard InChI is InChI=1S/C11H17N7O2/c1-19-6-8(20-2)5-14-10-15-9(12)16-11(17-10)18-4-3-13-7-18/h3-4,7-8H,5-6H2,1-2H3,(H3,12,14,15,16,17). The average molecular weight is 279 g/mol. The zero-order chi connectivity index (χ0) is 14.4. The first kappa shape index (κ1) is 14.2. The third-order valence-corrected chi connectivity index (χ3v) is 2.55. The van der Waals surface area contributed by atoms with E-state index >= 15 is 0 Å². The summed E-state index contributed by atoms with van der Waals surface area (Å²) in [5, 5.41) is 3.04. The summed E-state index contributed by atoms with van der Waals surface area (Å²) in [6.45, 7) is 0.968. The maximum atomic E-state index is 5.67. The van der Waals surface area contributed by atoms with E-state index in [1.54, 1.807) is 37.5 Å². The van der Waals surface area contributed by atoms with Crippen LogP contribution in [0.5, 0.6) is 0 Å². The van der Waals surface area contributed by atoms with Crippen molar-refractivity contribution in [2.75, 3.05) is 38.4 Å². The van der Waals surface area contributed by atoms with Crippen molar-refractivity contribution >= 4 is 11.9 Å². The number of imidazole rings is 1. The topological polar surface area (TPSA) is 113 Å². The Hall–Kier alpha value is -2.26. The highest BCUT2D eigenvalue weighted by atomic mass is 16.5. The van der Waals surface area contributed by atoms with E-state index in [0.29, 0.717) is 25.0 Å². The first-order chi connectivity index (χ1) is 9.72. The summed E-state index contributed by atoms with van der Waals surface area (Å²) < 4.78 is 11.9. The third-order valence-electron chi connectivity index (χ3n) is 2.55. The molecule has 0 saturated carbocycles. The summed E-state index contributed by atoms with van der Waals surface area (Å²) in [4.78, 5) is 16.3. The first-order valence-electron chi connectivity index (χ1n) is 5.98. The molecule has 9 nitrogen and oxygen atoms in total. The van der Waals surface area contributed by atoms with Crippen LogP contribution in [-0.4, -0.2) is 58.0 Å². The lowest BCUT2D eigenvalue weighted by molar-refractivity contribution is 0.0365. The van der Waals surface area contributed by atoms with Gasteiger partial charge in [-0.2, -0.15) is 15.0 Å². The zero-order valence-corrected chi connectivity index (χ0v) is 11.4. The SMILES string of the molecule is COCC(CNc1nc(N)nc(-n2ccnc2)n1)OC. The molecule has 2 aromatic heterocycles. The molecule has 2 aromatic rings. The van der Waals surface area contributed by atoms with Gasteiger partial charge in [-0.05, 0) is 0 Å². The van der Waals surface area contributed by atoms with Gasteiger partial charge < -0.3 is 20.5 Å². The Balaban J connectivity index is 2.08. The van der Waals surface area contributed by atoms with Crippen molar-refractivity contribution in [1.82, 2.24) is 24.5 Å². The first-order valence-corrected chi connectivity index (χ1v) is 5.98. The number of nitrogens with zero attached hydrogens (tertiary/aromatic N) is 5. The summed E-state index contributed by atoms with van der Waals surface area (Å²) >= 11 is 0. The van der Waals surface area contributed by atoms with Gasteiger partial charge in [-0.1, -0.05) is 0 Å². The van der Waals surface area contributed by atoms with Crippen LogP contribution in [0, 0.1) is 0 Å². The van der Waals surface area contributed by atoms with Gasteiger partial charge >= 0.3 is 0 Å². The van der Waals surface area contributed by atoms with Gasteiger partial charge in [0.2, 0.25) is 17.8 Å². The van der Waals surface area contributed by atoms with Gasteiger partial charge in [0.1, 0.15) is 6.33 Å². The summed E-state index contributed by atoms with van der Waals surface area (Å²) in [6, 6.07) is 0. The van der Waals surface area contributed by atoms with Gasteiger partial charge in [0.15, 0.2) is 0 Å². The van der Waals surface area contributed by atoms with Crippen molar-refractivity contribution in [3.8, 4) is 5.95 Å². The van der Waals surface area contributed by atoms with Crippen molar-refractivity contribution in [2.24, 2.45) is 0 Å². The highest BCUT2D eigenvalue weighted by molar-refractivity contribution is 5.35. The second-order valence-electron chi connectivity index (χ2n) is 3.98. The Kier molecular flexibility index (Phi) is 4.80. The molecule has 3 N–H and O–H groups in total. The molecule has 0 saturated heterocycles. The minimum absolute atomic E-state index is 0.102. The number of hydrogen-bond donors (Lipinski definition) is 2. The Labute approximate surface area is 116 Å². The fourth-order valence-corrected chi connectivity index (χ4v) is 1.55. The van der Waals surface area contributed by atoms with Crippen LogP contribution in [0.3, 0.4) is 0 Å². The van der Waals surface area contributed by atoms with Gasteiger partial charge in [0, 0.05) is 33.2 Å². The molecule has 20 heavy (non-hydrogen) atoms. The van der Waals surface area contributed by atoms with E-state index in [0.717, 1.165) is 0 Å². The van der Waals surface area contributed by atoms with Crippen LogP contribution in [-0.2, 0) is 9.47 Å². The third kappa shape index (κ3) is 3.62. The summed E-state index contributed by atoms with van der Waals surface area (Å²) in [7, 11) is 3.23. The maximum absolute atomic E-state index is 5.67. The molecule has 1 unspecified atom stereocenters. The second kappa shape index (κ2) is 6.78. The fourth-order valence-electron chi connectivity index (χ4n) is 1.55. The lowest BCUT2D eigenvalue weighted by Gasteiger charge is -2.15. The molecule has 2 rings (SSSR count). The van der Waals surface area contributed by atoms with E-state index in [2.05, 4.69) is 25.3 Å². The molecular formula is C11H17N7O2. The molecule has 0 aliphatic heterocycles. The van der Waals surface area contributed by atoms with Crippen LogP contribution >= 0.6 is 0 Å². The number of nitrogen functional groups attached to an aromatic ring is 1. The quantitative estimate of drug-likeness (QED) is 0.711. The van der Waals surface area contributed by atoms with E-state index < -0.39 is 0 Å². The molecule has 0 spiro atoms. The molecule has 2 heterocycles. The number of rotatable bonds is 7. The van der Waals surface area contributed by atoms with E-state index in [9.17, 15) is 0 Å². The highest BCUT2D eigenvalue weighted by Crippen LogP contribution is 2.07. The molecule has 0 aromatic carbocycles. The van der Waals surface area contributed by atoms with Crippen LogP contribution in [0.1, 0.15) is 0 Å². The van der Waals surface area contributed by atoms with E-state index in [4.69, 9.17) is 15.2 Å². The van der Waals surface area contributed by atoms with E-state index in [1.165, 1.54) is 0 Å². The van der Waals surface area contributed by atoms with Crippen molar-refractivity contribution in [1.29, 1.82) is 0 Å². The maximum Gasteiger partial charge on any atom is 0.241 e. The predicted octanol–water partition coefficient (Wildman–Crippen LogP) is -0.287. The number of nitrogens with one attached hydrogen (secondary N) is 1. The van der Waals surface area contributed by atoms with Crippen LogP contribution < -0.4 is 11.1 Å². The predicted molar refractivity (Wildman–Crippen MR) is 72.5 cm³/mol. The lowest BCUT2D eigenvalue weighted by atomic mass is 10.4.